The van der Waals surface area contributed by atoms with Crippen LogP contribution >= 0.6 is 0 Å². The van der Waals surface area contributed by atoms with Gasteiger partial charge >= 0.3 is 5.97 Å². The maximum absolute atomic E-state index is 11.9. The minimum absolute atomic E-state index is 0.224. The summed E-state index contributed by atoms with van der Waals surface area (Å²) in [5.41, 5.74) is 1.94. The fourth-order valence-corrected chi connectivity index (χ4v) is 2.70. The number of nitrogens with one attached hydrogen (secondary N) is 1. The second-order valence-electron chi connectivity index (χ2n) is 6.05. The Morgan fingerprint density at radius 3 is 2.62 bits per heavy atom. The largest absolute Gasteiger partial charge is 0.481 e. The lowest BCUT2D eigenvalue weighted by Crippen LogP contribution is -2.13. The predicted molar refractivity (Wildman–Crippen MR) is 97.3 cm³/mol. The number of benzene rings is 2. The van der Waals surface area contributed by atoms with Gasteiger partial charge in [0.15, 0.2) is 0 Å². The smallest absolute Gasteiger partial charge is 0.310 e. The van der Waals surface area contributed by atoms with Crippen molar-refractivity contribution in [2.75, 3.05) is 5.32 Å². The lowest BCUT2D eigenvalue weighted by Gasteiger charge is -2.14. The summed E-state index contributed by atoms with van der Waals surface area (Å²) in [6, 6.07) is 11.2. The van der Waals surface area contributed by atoms with Crippen LogP contribution < -0.4 is 5.32 Å². The highest BCUT2D eigenvalue weighted by atomic mass is 16.4. The average molecular weight is 325 g/mol. The molecular formula is C20H23NO3. The molecule has 0 saturated heterocycles. The minimum atomic E-state index is -0.797. The van der Waals surface area contributed by atoms with Crippen LogP contribution in [-0.4, -0.2) is 17.0 Å². The maximum atomic E-state index is 11.9. The lowest BCUT2D eigenvalue weighted by molar-refractivity contribution is -0.139. The highest BCUT2D eigenvalue weighted by Gasteiger charge is 2.19. The van der Waals surface area contributed by atoms with E-state index in [2.05, 4.69) is 18.8 Å². The number of amides is 1. The van der Waals surface area contributed by atoms with E-state index in [9.17, 15) is 14.7 Å². The number of carboxylic acid groups (broad SMARTS) is 1. The number of aliphatic carboxylic acids is 1. The summed E-state index contributed by atoms with van der Waals surface area (Å²) < 4.78 is 0. The second-order valence-corrected chi connectivity index (χ2v) is 6.05. The molecule has 2 rings (SSSR count). The standard InChI is InChI=1S/C20H23NO3/c1-4-5-8-17(20(23)24)15-10-11-16-14(12-15)7-6-9-18(16)21-19(22)13(2)3/h6-7,9-12,17H,2,4-5,8H2,1,3H3,(H,21,22)(H,23,24). The van der Waals surface area contributed by atoms with Crippen LogP contribution in [0.5, 0.6) is 0 Å². The van der Waals surface area contributed by atoms with E-state index in [0.29, 0.717) is 17.7 Å². The Hall–Kier alpha value is -2.62. The summed E-state index contributed by atoms with van der Waals surface area (Å²) in [7, 11) is 0. The van der Waals surface area contributed by atoms with Crippen LogP contribution in [0.4, 0.5) is 5.69 Å². The van der Waals surface area contributed by atoms with E-state index in [1.165, 1.54) is 0 Å². The van der Waals surface area contributed by atoms with Crippen molar-refractivity contribution in [3.63, 3.8) is 0 Å². The molecule has 1 atom stereocenters. The van der Waals surface area contributed by atoms with Crippen LogP contribution in [0.1, 0.15) is 44.6 Å². The van der Waals surface area contributed by atoms with Crippen molar-refractivity contribution < 1.29 is 14.7 Å². The van der Waals surface area contributed by atoms with Gasteiger partial charge in [0, 0.05) is 16.6 Å². The molecule has 0 bridgehead atoms. The van der Waals surface area contributed by atoms with Gasteiger partial charge in [0.2, 0.25) is 0 Å². The lowest BCUT2D eigenvalue weighted by atomic mass is 9.91. The number of carboxylic acids is 1. The molecule has 1 unspecified atom stereocenters. The first kappa shape index (κ1) is 17.7. The van der Waals surface area contributed by atoms with E-state index in [-0.39, 0.29) is 5.91 Å². The Labute approximate surface area is 142 Å². The molecule has 0 heterocycles. The van der Waals surface area contributed by atoms with Gasteiger partial charge in [0.1, 0.15) is 0 Å². The molecule has 126 valence electrons. The molecule has 2 N–H and O–H groups in total. The Balaban J connectivity index is 2.39. The molecule has 0 aliphatic carbocycles. The topological polar surface area (TPSA) is 66.4 Å². The quantitative estimate of drug-likeness (QED) is 0.724. The highest BCUT2D eigenvalue weighted by molar-refractivity contribution is 6.08. The van der Waals surface area contributed by atoms with Crippen molar-refractivity contribution in [3.05, 3.63) is 54.1 Å². The van der Waals surface area contributed by atoms with E-state index in [4.69, 9.17) is 0 Å². The molecule has 24 heavy (non-hydrogen) atoms. The van der Waals surface area contributed by atoms with Crippen molar-refractivity contribution in [3.8, 4) is 0 Å². The third-order valence-electron chi connectivity index (χ3n) is 4.09. The van der Waals surface area contributed by atoms with Gasteiger partial charge in [-0.1, -0.05) is 56.7 Å². The first-order chi connectivity index (χ1) is 11.4. The molecule has 0 aromatic heterocycles. The number of hydrogen-bond acceptors (Lipinski definition) is 2. The summed E-state index contributed by atoms with van der Waals surface area (Å²) in [6.45, 7) is 7.35. The number of rotatable bonds is 7. The summed E-state index contributed by atoms with van der Waals surface area (Å²) in [6.07, 6.45) is 2.47. The van der Waals surface area contributed by atoms with E-state index < -0.39 is 11.9 Å². The maximum Gasteiger partial charge on any atom is 0.310 e. The van der Waals surface area contributed by atoms with Gasteiger partial charge in [-0.25, -0.2) is 0 Å². The zero-order valence-corrected chi connectivity index (χ0v) is 14.1. The number of anilines is 1. The van der Waals surface area contributed by atoms with Gasteiger partial charge in [-0.05, 0) is 30.4 Å². The van der Waals surface area contributed by atoms with Gasteiger partial charge in [0.25, 0.3) is 5.91 Å². The van der Waals surface area contributed by atoms with Gasteiger partial charge in [0.05, 0.1) is 5.92 Å². The van der Waals surface area contributed by atoms with Gasteiger partial charge in [-0.15, -0.1) is 0 Å². The first-order valence-electron chi connectivity index (χ1n) is 8.16. The van der Waals surface area contributed by atoms with Crippen molar-refractivity contribution in [1.29, 1.82) is 0 Å². The van der Waals surface area contributed by atoms with E-state index in [1.807, 2.05) is 36.4 Å². The fraction of sp³-hybridized carbons (Fsp3) is 0.300. The number of unbranched alkanes of at least 4 members (excludes halogenated alkanes) is 1. The minimum Gasteiger partial charge on any atom is -0.481 e. The van der Waals surface area contributed by atoms with Gasteiger partial charge in [-0.2, -0.15) is 0 Å². The van der Waals surface area contributed by atoms with E-state index in [0.717, 1.165) is 29.2 Å². The molecule has 1 amide bonds. The van der Waals surface area contributed by atoms with Gasteiger partial charge < -0.3 is 10.4 Å². The molecule has 2 aromatic carbocycles. The SMILES string of the molecule is C=C(C)C(=O)Nc1cccc2cc(C(CCCC)C(=O)O)ccc12. The van der Waals surface area contributed by atoms with Crippen molar-refractivity contribution in [1.82, 2.24) is 0 Å². The Kier molecular flexibility index (Phi) is 5.74. The summed E-state index contributed by atoms with van der Waals surface area (Å²) >= 11 is 0. The van der Waals surface area contributed by atoms with Crippen LogP contribution in [0, 0.1) is 0 Å². The molecule has 0 saturated carbocycles. The monoisotopic (exact) mass is 325 g/mol. The van der Waals surface area contributed by atoms with Gasteiger partial charge in [-0.3, -0.25) is 9.59 Å². The molecule has 4 nitrogen and oxygen atoms in total. The Morgan fingerprint density at radius 1 is 1.25 bits per heavy atom. The van der Waals surface area contributed by atoms with Crippen molar-refractivity contribution in [2.24, 2.45) is 0 Å². The van der Waals surface area contributed by atoms with Crippen LogP contribution in [0.3, 0.4) is 0 Å². The number of hydrogen-bond donors (Lipinski definition) is 2. The molecule has 0 aliphatic rings. The number of carbonyl (C=O) groups is 2. The van der Waals surface area contributed by atoms with E-state index >= 15 is 0 Å². The third-order valence-corrected chi connectivity index (χ3v) is 4.09. The van der Waals surface area contributed by atoms with Crippen molar-refractivity contribution in [2.45, 2.75) is 39.0 Å². The third kappa shape index (κ3) is 4.02. The Bertz CT molecular complexity index is 780. The first-order valence-corrected chi connectivity index (χ1v) is 8.16. The molecule has 4 heteroatoms. The molecule has 0 radical (unpaired) electrons. The molecule has 2 aromatic rings. The number of fused-ring (bicyclic) bond motifs is 1. The van der Waals surface area contributed by atoms with Crippen LogP contribution in [-0.2, 0) is 9.59 Å². The van der Waals surface area contributed by atoms with Crippen LogP contribution in [0.15, 0.2) is 48.6 Å². The zero-order chi connectivity index (χ0) is 17.7. The average Bonchev–Trinajstić information content (AvgIpc) is 2.54. The second kappa shape index (κ2) is 7.77. The van der Waals surface area contributed by atoms with E-state index in [1.54, 1.807) is 6.92 Å². The number of carbonyl (C=O) groups excluding carboxylic acids is 1. The molecule has 0 aliphatic heterocycles. The predicted octanol–water partition coefficient (Wildman–Crippen LogP) is 4.71. The molecule has 0 spiro atoms. The summed E-state index contributed by atoms with van der Waals surface area (Å²) in [5.74, 6) is -1.52. The molecule has 0 fully saturated rings. The Morgan fingerprint density at radius 2 is 2.00 bits per heavy atom. The van der Waals surface area contributed by atoms with Crippen LogP contribution in [0.25, 0.3) is 10.8 Å². The zero-order valence-electron chi connectivity index (χ0n) is 14.1. The normalized spacial score (nSPS) is 11.9. The molecular weight excluding hydrogens is 302 g/mol. The fourth-order valence-electron chi connectivity index (χ4n) is 2.70. The summed E-state index contributed by atoms with van der Waals surface area (Å²) in [5, 5.41) is 14.1. The van der Waals surface area contributed by atoms with Crippen LogP contribution in [0.2, 0.25) is 0 Å². The highest BCUT2D eigenvalue weighted by Crippen LogP contribution is 2.29. The summed E-state index contributed by atoms with van der Waals surface area (Å²) in [4.78, 5) is 23.4. The van der Waals surface area contributed by atoms with Crippen molar-refractivity contribution >= 4 is 28.3 Å².